The minimum Gasteiger partial charge on any atom is -0.382 e. The number of aromatic nitrogens is 5. The van der Waals surface area contributed by atoms with Crippen molar-refractivity contribution in [3.8, 4) is 0 Å². The molecule has 1 aromatic carbocycles. The van der Waals surface area contributed by atoms with Crippen LogP contribution in [-0.4, -0.2) is 30.6 Å². The molecule has 3 heterocycles. The van der Waals surface area contributed by atoms with Crippen LogP contribution in [0.2, 0.25) is 0 Å². The normalized spacial score (nSPS) is 20.5. The first-order valence-electron chi connectivity index (χ1n) is 8.47. The van der Waals surface area contributed by atoms with Crippen molar-refractivity contribution >= 4 is 22.5 Å². The summed E-state index contributed by atoms with van der Waals surface area (Å²) in [6.07, 6.45) is 6.71. The summed E-state index contributed by atoms with van der Waals surface area (Å²) in [4.78, 5) is 7.50. The van der Waals surface area contributed by atoms with Gasteiger partial charge < -0.3 is 10.3 Å². The zero-order valence-corrected chi connectivity index (χ0v) is 13.5. The van der Waals surface area contributed by atoms with Gasteiger partial charge in [-0.1, -0.05) is 0 Å². The molecule has 0 amide bonds. The lowest BCUT2D eigenvalue weighted by Crippen LogP contribution is -2.15. The third-order valence-corrected chi connectivity index (χ3v) is 4.98. The highest BCUT2D eigenvalue weighted by molar-refractivity contribution is 5.74. The van der Waals surface area contributed by atoms with Crippen molar-refractivity contribution < 1.29 is 4.39 Å². The molecule has 0 bridgehead atoms. The molecule has 1 aliphatic carbocycles. The quantitative estimate of drug-likeness (QED) is 0.601. The third kappa shape index (κ3) is 2.43. The zero-order valence-electron chi connectivity index (χ0n) is 13.5. The Morgan fingerprint density at radius 1 is 1.12 bits per heavy atom. The standard InChI is InChI=1S/C18H17FN6/c19-12-2-5-13(6-3-12)22-14-4-1-11(9-14)18-24-23-16-10-21-17-15(25(16)18)7-8-20-17/h2-3,5-8,10-11,14,20,22H,1,4,9H2. The summed E-state index contributed by atoms with van der Waals surface area (Å²) < 4.78 is 15.1. The molecule has 7 heteroatoms. The van der Waals surface area contributed by atoms with E-state index in [2.05, 4.69) is 29.9 Å². The van der Waals surface area contributed by atoms with E-state index in [-0.39, 0.29) is 5.82 Å². The first-order chi connectivity index (χ1) is 12.3. The zero-order chi connectivity index (χ0) is 16.8. The fourth-order valence-electron chi connectivity index (χ4n) is 3.79. The molecule has 1 saturated carbocycles. The number of fused-ring (bicyclic) bond motifs is 3. The second kappa shape index (κ2) is 5.54. The van der Waals surface area contributed by atoms with Gasteiger partial charge in [-0.2, -0.15) is 0 Å². The Labute approximate surface area is 143 Å². The lowest BCUT2D eigenvalue weighted by atomic mass is 10.1. The van der Waals surface area contributed by atoms with Crippen molar-refractivity contribution in [1.82, 2.24) is 24.6 Å². The van der Waals surface area contributed by atoms with Crippen molar-refractivity contribution in [3.63, 3.8) is 0 Å². The summed E-state index contributed by atoms with van der Waals surface area (Å²) in [5.41, 5.74) is 3.58. The molecule has 2 unspecified atom stereocenters. The van der Waals surface area contributed by atoms with Gasteiger partial charge in [0, 0.05) is 23.8 Å². The summed E-state index contributed by atoms with van der Waals surface area (Å²) in [5.74, 6) is 1.12. The first kappa shape index (κ1) is 14.4. The number of halogens is 1. The molecule has 126 valence electrons. The van der Waals surface area contributed by atoms with E-state index in [1.165, 1.54) is 12.1 Å². The van der Waals surface area contributed by atoms with Crippen LogP contribution in [0.3, 0.4) is 0 Å². The summed E-state index contributed by atoms with van der Waals surface area (Å²) in [5, 5.41) is 12.2. The monoisotopic (exact) mass is 336 g/mol. The largest absolute Gasteiger partial charge is 0.382 e. The number of hydrogen-bond donors (Lipinski definition) is 2. The van der Waals surface area contributed by atoms with Crippen molar-refractivity contribution in [3.05, 3.63) is 54.4 Å². The summed E-state index contributed by atoms with van der Waals surface area (Å²) in [6, 6.07) is 8.89. The fourth-order valence-corrected chi connectivity index (χ4v) is 3.79. The van der Waals surface area contributed by atoms with E-state index in [0.29, 0.717) is 12.0 Å². The average molecular weight is 336 g/mol. The number of benzene rings is 1. The molecule has 4 aromatic rings. The van der Waals surface area contributed by atoms with E-state index >= 15 is 0 Å². The number of H-pyrrole nitrogens is 1. The number of rotatable bonds is 3. The van der Waals surface area contributed by atoms with E-state index in [0.717, 1.165) is 47.6 Å². The van der Waals surface area contributed by atoms with Crippen LogP contribution in [0.1, 0.15) is 31.0 Å². The molecule has 5 rings (SSSR count). The molecule has 2 N–H and O–H groups in total. The van der Waals surface area contributed by atoms with Crippen LogP contribution in [0.5, 0.6) is 0 Å². The summed E-state index contributed by atoms with van der Waals surface area (Å²) in [6.45, 7) is 0. The second-order valence-corrected chi connectivity index (χ2v) is 6.58. The Hall–Kier alpha value is -2.96. The van der Waals surface area contributed by atoms with Gasteiger partial charge in [-0.25, -0.2) is 9.37 Å². The smallest absolute Gasteiger partial charge is 0.179 e. The van der Waals surface area contributed by atoms with Crippen LogP contribution in [-0.2, 0) is 0 Å². The predicted molar refractivity (Wildman–Crippen MR) is 93.0 cm³/mol. The van der Waals surface area contributed by atoms with E-state index in [9.17, 15) is 4.39 Å². The van der Waals surface area contributed by atoms with Crippen LogP contribution in [0.25, 0.3) is 16.8 Å². The van der Waals surface area contributed by atoms with Crippen LogP contribution >= 0.6 is 0 Å². The summed E-state index contributed by atoms with van der Waals surface area (Å²) in [7, 11) is 0. The third-order valence-electron chi connectivity index (χ3n) is 4.98. The van der Waals surface area contributed by atoms with Gasteiger partial charge in [0.2, 0.25) is 0 Å². The Morgan fingerprint density at radius 3 is 2.88 bits per heavy atom. The Kier molecular flexibility index (Phi) is 3.19. The molecule has 0 aliphatic heterocycles. The molecule has 2 atom stereocenters. The maximum atomic E-state index is 13.0. The molecule has 6 nitrogen and oxygen atoms in total. The first-order valence-corrected chi connectivity index (χ1v) is 8.47. The minimum absolute atomic E-state index is 0.214. The molecule has 0 spiro atoms. The van der Waals surface area contributed by atoms with E-state index in [1.54, 1.807) is 18.3 Å². The molecular formula is C18H17FN6. The number of nitrogens with zero attached hydrogens (tertiary/aromatic N) is 4. The van der Waals surface area contributed by atoms with Gasteiger partial charge in [0.15, 0.2) is 11.3 Å². The number of nitrogens with one attached hydrogen (secondary N) is 2. The fraction of sp³-hybridized carbons (Fsp3) is 0.278. The lowest BCUT2D eigenvalue weighted by Gasteiger charge is -2.14. The highest BCUT2D eigenvalue weighted by Crippen LogP contribution is 2.35. The van der Waals surface area contributed by atoms with Gasteiger partial charge in [0.1, 0.15) is 11.6 Å². The molecule has 3 aromatic heterocycles. The van der Waals surface area contributed by atoms with E-state index in [1.807, 2.05) is 12.3 Å². The molecule has 25 heavy (non-hydrogen) atoms. The van der Waals surface area contributed by atoms with Crippen molar-refractivity contribution in [2.75, 3.05) is 5.32 Å². The molecule has 1 aliphatic rings. The predicted octanol–water partition coefficient (Wildman–Crippen LogP) is 3.49. The van der Waals surface area contributed by atoms with Crippen molar-refractivity contribution in [2.24, 2.45) is 0 Å². The Balaban J connectivity index is 1.42. The van der Waals surface area contributed by atoms with Crippen molar-refractivity contribution in [1.29, 1.82) is 0 Å². The number of anilines is 1. The van der Waals surface area contributed by atoms with Gasteiger partial charge in [-0.3, -0.25) is 4.40 Å². The Bertz CT molecular complexity index is 1030. The van der Waals surface area contributed by atoms with Crippen LogP contribution < -0.4 is 5.32 Å². The topological polar surface area (TPSA) is 70.9 Å². The number of aromatic amines is 1. The van der Waals surface area contributed by atoms with Gasteiger partial charge in [0.25, 0.3) is 0 Å². The number of hydrogen-bond acceptors (Lipinski definition) is 4. The molecule has 0 radical (unpaired) electrons. The van der Waals surface area contributed by atoms with Crippen LogP contribution in [0.15, 0.2) is 42.7 Å². The maximum Gasteiger partial charge on any atom is 0.179 e. The van der Waals surface area contributed by atoms with Gasteiger partial charge in [-0.05, 0) is 49.6 Å². The maximum absolute atomic E-state index is 13.0. The molecule has 1 fully saturated rings. The van der Waals surface area contributed by atoms with Crippen LogP contribution in [0.4, 0.5) is 10.1 Å². The minimum atomic E-state index is -0.214. The molecular weight excluding hydrogens is 319 g/mol. The van der Waals surface area contributed by atoms with Crippen molar-refractivity contribution in [2.45, 2.75) is 31.2 Å². The van der Waals surface area contributed by atoms with Gasteiger partial charge >= 0.3 is 0 Å². The van der Waals surface area contributed by atoms with Gasteiger partial charge in [0.05, 0.1) is 11.7 Å². The highest BCUT2D eigenvalue weighted by atomic mass is 19.1. The molecule has 0 saturated heterocycles. The Morgan fingerprint density at radius 2 is 2.00 bits per heavy atom. The summed E-state index contributed by atoms with van der Waals surface area (Å²) >= 11 is 0. The van der Waals surface area contributed by atoms with Gasteiger partial charge in [-0.15, -0.1) is 10.2 Å². The highest BCUT2D eigenvalue weighted by Gasteiger charge is 2.29. The lowest BCUT2D eigenvalue weighted by molar-refractivity contribution is 0.627. The second-order valence-electron chi connectivity index (χ2n) is 6.58. The SMILES string of the molecule is Fc1ccc(NC2CCC(c3nnc4cnc5[nH]ccc5n34)C2)cc1. The van der Waals surface area contributed by atoms with E-state index in [4.69, 9.17) is 0 Å². The van der Waals surface area contributed by atoms with E-state index < -0.39 is 0 Å². The van der Waals surface area contributed by atoms with Crippen LogP contribution in [0, 0.1) is 5.82 Å². The average Bonchev–Trinajstić information content (AvgIpc) is 3.34.